The van der Waals surface area contributed by atoms with Gasteiger partial charge in [-0.15, -0.1) is 11.3 Å². The first kappa shape index (κ1) is 19.4. The maximum absolute atomic E-state index is 12.2. The number of rotatable bonds is 7. The van der Waals surface area contributed by atoms with Gasteiger partial charge in [0, 0.05) is 43.6 Å². The number of non-ortho nitro benzene ring substituents is 1. The van der Waals surface area contributed by atoms with Gasteiger partial charge >= 0.3 is 0 Å². The number of nitrogens with zero attached hydrogens (tertiary/aromatic N) is 2. The first-order chi connectivity index (χ1) is 11.8. The minimum absolute atomic E-state index is 0.0391. The largest absolute Gasteiger partial charge is 0.341 e. The molecule has 6 nitrogen and oxygen atoms in total. The quantitative estimate of drug-likeness (QED) is 0.386. The summed E-state index contributed by atoms with van der Waals surface area (Å²) < 4.78 is 0.520. The van der Waals surface area contributed by atoms with Crippen molar-refractivity contribution < 1.29 is 14.5 Å². The van der Waals surface area contributed by atoms with Crippen molar-refractivity contribution in [3.8, 4) is 0 Å². The van der Waals surface area contributed by atoms with Gasteiger partial charge in [0.25, 0.3) is 5.69 Å². The van der Waals surface area contributed by atoms with Gasteiger partial charge in [-0.25, -0.2) is 0 Å². The molecule has 0 unspecified atom stereocenters. The molecule has 1 aromatic carbocycles. The van der Waals surface area contributed by atoms with Crippen LogP contribution in [-0.2, 0) is 11.3 Å². The molecule has 0 atom stereocenters. The zero-order chi connectivity index (χ0) is 18.6. The topological polar surface area (TPSA) is 80.5 Å². The van der Waals surface area contributed by atoms with Crippen LogP contribution in [0.5, 0.6) is 0 Å². The highest BCUT2D eigenvalue weighted by atomic mass is 35.5. The van der Waals surface area contributed by atoms with Crippen LogP contribution in [0.1, 0.15) is 28.1 Å². The van der Waals surface area contributed by atoms with E-state index in [9.17, 15) is 19.7 Å². The second kappa shape index (κ2) is 8.42. The number of Topliss-reactive ketones (excluding diaryl/α,β-unsaturated/α-hetero) is 1. The average molecular weight is 401 g/mol. The van der Waals surface area contributed by atoms with E-state index in [2.05, 4.69) is 0 Å². The number of nitro groups is 1. The zero-order valence-corrected chi connectivity index (χ0v) is 15.5. The van der Waals surface area contributed by atoms with Crippen molar-refractivity contribution >= 4 is 51.9 Å². The summed E-state index contributed by atoms with van der Waals surface area (Å²) in [6.07, 6.45) is 0.111. The smallest absolute Gasteiger partial charge is 0.269 e. The molecule has 0 N–H and O–H groups in total. The second-order valence-electron chi connectivity index (χ2n) is 5.31. The number of benzene rings is 1. The Morgan fingerprint density at radius 2 is 1.92 bits per heavy atom. The summed E-state index contributed by atoms with van der Waals surface area (Å²) in [5.41, 5.74) is 0.382. The normalized spacial score (nSPS) is 10.5. The van der Waals surface area contributed by atoms with E-state index in [-0.39, 0.29) is 36.8 Å². The van der Waals surface area contributed by atoms with Crippen molar-refractivity contribution in [1.82, 2.24) is 4.90 Å². The van der Waals surface area contributed by atoms with E-state index in [1.165, 1.54) is 34.4 Å². The molecule has 2 aromatic rings. The molecule has 0 saturated heterocycles. The Morgan fingerprint density at radius 1 is 1.20 bits per heavy atom. The Morgan fingerprint density at radius 3 is 2.52 bits per heavy atom. The van der Waals surface area contributed by atoms with Gasteiger partial charge in [-0.05, 0) is 23.8 Å². The third-order valence-corrected chi connectivity index (χ3v) is 5.13. The number of halogens is 2. The van der Waals surface area contributed by atoms with Crippen molar-refractivity contribution in [2.24, 2.45) is 0 Å². The van der Waals surface area contributed by atoms with E-state index in [4.69, 9.17) is 23.2 Å². The van der Waals surface area contributed by atoms with E-state index in [1.807, 2.05) is 0 Å². The molecule has 1 heterocycles. The number of ketones is 1. The van der Waals surface area contributed by atoms with Gasteiger partial charge in [-0.3, -0.25) is 19.7 Å². The van der Waals surface area contributed by atoms with Crippen LogP contribution in [0.15, 0.2) is 30.3 Å². The van der Waals surface area contributed by atoms with E-state index in [1.54, 1.807) is 19.2 Å². The Kier molecular flexibility index (Phi) is 6.52. The molecule has 1 aromatic heterocycles. The zero-order valence-electron chi connectivity index (χ0n) is 13.2. The predicted octanol–water partition coefficient (Wildman–Crippen LogP) is 4.58. The number of hydrogen-bond acceptors (Lipinski definition) is 5. The summed E-state index contributed by atoms with van der Waals surface area (Å²) in [5, 5.41) is 11.2. The van der Waals surface area contributed by atoms with Crippen LogP contribution >= 0.6 is 34.5 Å². The van der Waals surface area contributed by atoms with Gasteiger partial charge in [0.2, 0.25) is 5.91 Å². The molecule has 0 aliphatic rings. The number of carbonyl (C=O) groups is 2. The minimum atomic E-state index is -0.521. The maximum Gasteiger partial charge on any atom is 0.269 e. The number of amides is 1. The predicted molar refractivity (Wildman–Crippen MR) is 97.5 cm³/mol. The lowest BCUT2D eigenvalue weighted by Gasteiger charge is -2.17. The van der Waals surface area contributed by atoms with Gasteiger partial charge in [-0.1, -0.05) is 23.2 Å². The summed E-state index contributed by atoms with van der Waals surface area (Å²) in [6, 6.07) is 7.34. The van der Waals surface area contributed by atoms with Crippen LogP contribution in [0.3, 0.4) is 0 Å². The fraction of sp³-hybridized carbons (Fsp3) is 0.250. The van der Waals surface area contributed by atoms with E-state index in [0.29, 0.717) is 19.8 Å². The highest BCUT2D eigenvalue weighted by molar-refractivity contribution is 7.18. The number of hydrogen-bond donors (Lipinski definition) is 0. The SMILES string of the molecule is CN(Cc1cc([N+](=O)[O-])ccc1Cl)C(=O)CCC(=O)c1ccc(Cl)s1. The Balaban J connectivity index is 1.95. The maximum atomic E-state index is 12.2. The summed E-state index contributed by atoms with van der Waals surface area (Å²) in [4.78, 5) is 36.4. The Labute approximate surface area is 158 Å². The van der Waals surface area contributed by atoms with Crippen LogP contribution in [0.25, 0.3) is 0 Å². The molecule has 0 aliphatic carbocycles. The van der Waals surface area contributed by atoms with E-state index >= 15 is 0 Å². The van der Waals surface area contributed by atoms with Crippen molar-refractivity contribution in [3.63, 3.8) is 0 Å². The van der Waals surface area contributed by atoms with Crippen LogP contribution in [0.4, 0.5) is 5.69 Å². The van der Waals surface area contributed by atoms with Crippen molar-refractivity contribution in [2.45, 2.75) is 19.4 Å². The molecular formula is C16H14Cl2N2O4S. The molecule has 0 aliphatic heterocycles. The number of thiophene rings is 1. The Bertz CT molecular complexity index is 822. The van der Waals surface area contributed by atoms with E-state index < -0.39 is 4.92 Å². The molecule has 0 bridgehead atoms. The molecule has 1 amide bonds. The van der Waals surface area contributed by atoms with Crippen molar-refractivity contribution in [1.29, 1.82) is 0 Å². The summed E-state index contributed by atoms with van der Waals surface area (Å²) in [6.45, 7) is 0.123. The monoisotopic (exact) mass is 400 g/mol. The summed E-state index contributed by atoms with van der Waals surface area (Å²) in [5.74, 6) is -0.398. The van der Waals surface area contributed by atoms with E-state index in [0.717, 1.165) is 0 Å². The van der Waals surface area contributed by atoms with Crippen molar-refractivity contribution in [2.75, 3.05) is 7.05 Å². The fourth-order valence-electron chi connectivity index (χ4n) is 2.14. The lowest BCUT2D eigenvalue weighted by Crippen LogP contribution is -2.26. The number of carbonyl (C=O) groups excluding carboxylic acids is 2. The molecule has 0 fully saturated rings. The van der Waals surface area contributed by atoms with Gasteiger partial charge in [0.15, 0.2) is 5.78 Å². The van der Waals surface area contributed by atoms with Crippen LogP contribution in [-0.4, -0.2) is 28.6 Å². The number of nitro benzene ring substituents is 1. The lowest BCUT2D eigenvalue weighted by atomic mass is 10.1. The highest BCUT2D eigenvalue weighted by Crippen LogP contribution is 2.24. The first-order valence-electron chi connectivity index (χ1n) is 7.23. The minimum Gasteiger partial charge on any atom is -0.341 e. The molecule has 0 radical (unpaired) electrons. The molecule has 2 rings (SSSR count). The van der Waals surface area contributed by atoms with Gasteiger partial charge in [0.1, 0.15) is 0 Å². The molecule has 9 heteroatoms. The third-order valence-electron chi connectivity index (χ3n) is 3.49. The summed E-state index contributed by atoms with van der Waals surface area (Å²) >= 11 is 13.0. The third kappa shape index (κ3) is 5.26. The Hall–Kier alpha value is -1.96. The lowest BCUT2D eigenvalue weighted by molar-refractivity contribution is -0.384. The van der Waals surface area contributed by atoms with Gasteiger partial charge in [0.05, 0.1) is 14.1 Å². The molecule has 25 heavy (non-hydrogen) atoms. The van der Waals surface area contributed by atoms with Crippen LogP contribution in [0.2, 0.25) is 9.36 Å². The molecule has 132 valence electrons. The van der Waals surface area contributed by atoms with Crippen LogP contribution in [0, 0.1) is 10.1 Å². The first-order valence-corrected chi connectivity index (χ1v) is 8.80. The standard InChI is InChI=1S/C16H14Cl2N2O4S/c1-19(9-10-8-11(20(23)24)2-3-12(10)17)16(22)7-4-13(21)14-5-6-15(18)25-14/h2-3,5-6,8H,4,7,9H2,1H3. The van der Waals surface area contributed by atoms with Gasteiger partial charge < -0.3 is 4.90 Å². The van der Waals surface area contributed by atoms with Crippen molar-refractivity contribution in [3.05, 3.63) is 60.2 Å². The molecule has 0 saturated carbocycles. The highest BCUT2D eigenvalue weighted by Gasteiger charge is 2.17. The second-order valence-corrected chi connectivity index (χ2v) is 7.43. The molecule has 0 spiro atoms. The average Bonchev–Trinajstić information content (AvgIpc) is 3.00. The van der Waals surface area contributed by atoms with Gasteiger partial charge in [-0.2, -0.15) is 0 Å². The summed E-state index contributed by atoms with van der Waals surface area (Å²) in [7, 11) is 1.56. The fourth-order valence-corrected chi connectivity index (χ4v) is 3.33. The molecular weight excluding hydrogens is 387 g/mol. The van der Waals surface area contributed by atoms with Crippen LogP contribution < -0.4 is 0 Å².